The summed E-state index contributed by atoms with van der Waals surface area (Å²) in [5.74, 6) is 0.201. The third kappa shape index (κ3) is 2.19. The van der Waals surface area contributed by atoms with Crippen molar-refractivity contribution in [2.75, 3.05) is 18.5 Å². The van der Waals surface area contributed by atoms with Gasteiger partial charge in [-0.3, -0.25) is 19.4 Å². The number of ether oxygens (including phenoxy) is 1. The Morgan fingerprint density at radius 2 is 2.08 bits per heavy atom. The number of hydrogen-bond acceptors (Lipinski definition) is 4. The maximum atomic E-state index is 12.5. The van der Waals surface area contributed by atoms with Gasteiger partial charge in [0.25, 0.3) is 5.56 Å². The average molecular weight is 390 g/mol. The largest absolute Gasteiger partial charge is 0.367 e. The van der Waals surface area contributed by atoms with Gasteiger partial charge in [0.15, 0.2) is 5.78 Å². The van der Waals surface area contributed by atoms with Gasteiger partial charge in [0.1, 0.15) is 12.4 Å². The number of anilines is 1. The average Bonchev–Trinajstić information content (AvgIpc) is 2.83. The van der Waals surface area contributed by atoms with Crippen molar-refractivity contribution in [1.82, 2.24) is 9.78 Å². The van der Waals surface area contributed by atoms with E-state index in [4.69, 9.17) is 4.74 Å². The Labute approximate surface area is 146 Å². The molecule has 1 aromatic carbocycles. The van der Waals surface area contributed by atoms with Crippen molar-refractivity contribution in [3.05, 3.63) is 61.0 Å². The van der Waals surface area contributed by atoms with Crippen molar-refractivity contribution in [2.45, 2.75) is 12.8 Å². The first kappa shape index (κ1) is 15.4. The van der Waals surface area contributed by atoms with Crippen LogP contribution in [0.2, 0.25) is 0 Å². The van der Waals surface area contributed by atoms with Crippen LogP contribution in [0.15, 0.2) is 38.7 Å². The number of ketones is 1. The van der Waals surface area contributed by atoms with Crippen LogP contribution in [-0.2, 0) is 16.6 Å². The zero-order valence-corrected chi connectivity index (χ0v) is 14.9. The summed E-state index contributed by atoms with van der Waals surface area (Å²) in [7, 11) is 1.77. The lowest BCUT2D eigenvalue weighted by atomic mass is 9.80. The molecule has 2 N–H and O–H groups in total. The molecule has 0 aliphatic carbocycles. The fourth-order valence-corrected chi connectivity index (χ4v) is 3.79. The number of nitrogens with one attached hydrogen (secondary N) is 2. The molecule has 6 nitrogen and oxygen atoms in total. The Hall–Kier alpha value is -2.12. The van der Waals surface area contributed by atoms with Crippen molar-refractivity contribution < 1.29 is 9.53 Å². The quantitative estimate of drug-likeness (QED) is 0.783. The summed E-state index contributed by atoms with van der Waals surface area (Å²) in [5.41, 5.74) is 3.75. The van der Waals surface area contributed by atoms with Gasteiger partial charge in [0.05, 0.1) is 17.9 Å². The van der Waals surface area contributed by atoms with E-state index in [1.54, 1.807) is 11.7 Å². The van der Waals surface area contributed by atoms with Gasteiger partial charge in [0, 0.05) is 23.0 Å². The van der Waals surface area contributed by atoms with Gasteiger partial charge in [-0.2, -0.15) is 0 Å². The first-order valence-electron chi connectivity index (χ1n) is 7.63. The Morgan fingerprint density at radius 1 is 1.29 bits per heavy atom. The third-order valence-corrected chi connectivity index (χ3v) is 5.44. The molecule has 3 heterocycles. The zero-order chi connectivity index (χ0) is 17.0. The molecule has 1 aromatic heterocycles. The summed E-state index contributed by atoms with van der Waals surface area (Å²) < 4.78 is 7.97. The topological polar surface area (TPSA) is 76.1 Å². The minimum absolute atomic E-state index is 0.0457. The van der Waals surface area contributed by atoms with Crippen LogP contribution in [0.5, 0.6) is 0 Å². The number of aromatic nitrogens is 2. The Kier molecular flexibility index (Phi) is 3.51. The lowest BCUT2D eigenvalue weighted by Crippen LogP contribution is -2.34. The molecule has 1 atom stereocenters. The first-order valence-corrected chi connectivity index (χ1v) is 8.42. The smallest absolute Gasteiger partial charge is 0.270 e. The van der Waals surface area contributed by atoms with E-state index in [9.17, 15) is 9.59 Å². The monoisotopic (exact) mass is 389 g/mol. The van der Waals surface area contributed by atoms with Crippen molar-refractivity contribution in [3.63, 3.8) is 0 Å². The number of halogens is 1. The summed E-state index contributed by atoms with van der Waals surface area (Å²) in [4.78, 5) is 25.0. The van der Waals surface area contributed by atoms with Gasteiger partial charge in [-0.05, 0) is 24.1 Å². The summed E-state index contributed by atoms with van der Waals surface area (Å²) in [6.45, 7) is 2.38. The number of H-pyrrole nitrogens is 1. The van der Waals surface area contributed by atoms with Gasteiger partial charge in [0.2, 0.25) is 0 Å². The SMILES string of the molecule is Cc1ccc(C2C3=C(COCC3=O)Nc3c2c(=O)[nH]n3C)cc1Br. The minimum Gasteiger partial charge on any atom is -0.367 e. The molecule has 0 saturated carbocycles. The number of aromatic amines is 1. The molecule has 7 heteroatoms. The highest BCUT2D eigenvalue weighted by Gasteiger charge is 2.38. The lowest BCUT2D eigenvalue weighted by molar-refractivity contribution is -0.121. The number of fused-ring (bicyclic) bond motifs is 1. The predicted octanol–water partition coefficient (Wildman–Crippen LogP) is 2.20. The Morgan fingerprint density at radius 3 is 2.83 bits per heavy atom. The maximum Gasteiger partial charge on any atom is 0.270 e. The maximum absolute atomic E-state index is 12.5. The molecular formula is C17H16BrN3O3. The highest BCUT2D eigenvalue weighted by molar-refractivity contribution is 9.10. The molecule has 0 amide bonds. The number of carbonyl (C=O) groups is 1. The van der Waals surface area contributed by atoms with Crippen LogP contribution in [0.25, 0.3) is 0 Å². The summed E-state index contributed by atoms with van der Waals surface area (Å²) in [5, 5.41) is 5.97. The van der Waals surface area contributed by atoms with E-state index >= 15 is 0 Å². The zero-order valence-electron chi connectivity index (χ0n) is 13.3. The molecule has 0 radical (unpaired) electrons. The van der Waals surface area contributed by atoms with E-state index in [1.807, 2.05) is 25.1 Å². The summed E-state index contributed by atoms with van der Waals surface area (Å²) >= 11 is 3.55. The molecule has 2 aliphatic heterocycles. The van der Waals surface area contributed by atoms with E-state index in [0.717, 1.165) is 21.3 Å². The number of nitrogens with zero attached hydrogens (tertiary/aromatic N) is 1. The molecule has 24 heavy (non-hydrogen) atoms. The number of carbonyl (C=O) groups excluding carboxylic acids is 1. The summed E-state index contributed by atoms with van der Waals surface area (Å²) in [6, 6.07) is 5.94. The van der Waals surface area contributed by atoms with Gasteiger partial charge in [-0.15, -0.1) is 0 Å². The number of aryl methyl sites for hydroxylation is 2. The van der Waals surface area contributed by atoms with Crippen molar-refractivity contribution in [2.24, 2.45) is 7.05 Å². The second-order valence-corrected chi connectivity index (χ2v) is 6.99. The van der Waals surface area contributed by atoms with E-state index in [2.05, 4.69) is 26.3 Å². The van der Waals surface area contributed by atoms with Gasteiger partial charge in [-0.25, -0.2) is 0 Å². The highest BCUT2D eigenvalue weighted by atomic mass is 79.9. The molecule has 0 saturated heterocycles. The summed E-state index contributed by atoms with van der Waals surface area (Å²) in [6.07, 6.45) is 0. The van der Waals surface area contributed by atoms with Crippen molar-refractivity contribution in [1.29, 1.82) is 0 Å². The lowest BCUT2D eigenvalue weighted by Gasteiger charge is -2.31. The number of Topliss-reactive ketones (excluding diaryl/α,β-unsaturated/α-hetero) is 1. The second-order valence-electron chi connectivity index (χ2n) is 6.14. The molecule has 0 bridgehead atoms. The second kappa shape index (κ2) is 5.46. The van der Waals surface area contributed by atoms with E-state index in [0.29, 0.717) is 23.6 Å². The van der Waals surface area contributed by atoms with Crippen LogP contribution in [0.1, 0.15) is 22.6 Å². The third-order valence-electron chi connectivity index (χ3n) is 4.59. The fourth-order valence-electron chi connectivity index (χ4n) is 3.39. The first-order chi connectivity index (χ1) is 11.5. The molecule has 0 fully saturated rings. The molecule has 2 aliphatic rings. The van der Waals surface area contributed by atoms with Crippen molar-refractivity contribution in [3.8, 4) is 0 Å². The van der Waals surface area contributed by atoms with E-state index in [1.165, 1.54) is 0 Å². The van der Waals surface area contributed by atoms with Crippen LogP contribution in [0.4, 0.5) is 5.82 Å². The van der Waals surface area contributed by atoms with Gasteiger partial charge in [-0.1, -0.05) is 28.1 Å². The molecule has 0 spiro atoms. The molecule has 4 rings (SSSR count). The standard InChI is InChI=1S/C17H16BrN3O3/c1-8-3-4-9(5-10(8)18)13-14-11(6-24-7-12(14)22)19-16-15(13)17(23)20-21(16)2/h3-5,13,19H,6-7H2,1-2H3,(H,20,23). The fraction of sp³-hybridized carbons (Fsp3) is 0.294. The molecular weight excluding hydrogens is 374 g/mol. The number of rotatable bonds is 1. The van der Waals surface area contributed by atoms with Crippen LogP contribution >= 0.6 is 15.9 Å². The predicted molar refractivity (Wildman–Crippen MR) is 93.2 cm³/mol. The van der Waals surface area contributed by atoms with Gasteiger partial charge >= 0.3 is 0 Å². The Bertz CT molecular complexity index is 954. The minimum atomic E-state index is -0.394. The number of benzene rings is 1. The normalized spacial score (nSPS) is 19.8. The van der Waals surface area contributed by atoms with Crippen LogP contribution in [-0.4, -0.2) is 28.8 Å². The van der Waals surface area contributed by atoms with Crippen molar-refractivity contribution >= 4 is 27.5 Å². The molecule has 124 valence electrons. The van der Waals surface area contributed by atoms with E-state index in [-0.39, 0.29) is 17.9 Å². The van der Waals surface area contributed by atoms with Crippen LogP contribution < -0.4 is 10.9 Å². The highest BCUT2D eigenvalue weighted by Crippen LogP contribution is 2.42. The Balaban J connectivity index is 2.00. The van der Waals surface area contributed by atoms with Gasteiger partial charge < -0.3 is 10.1 Å². The molecule has 1 unspecified atom stereocenters. The van der Waals surface area contributed by atoms with E-state index < -0.39 is 5.92 Å². The molecule has 2 aromatic rings. The number of hydrogen-bond donors (Lipinski definition) is 2. The van der Waals surface area contributed by atoms with Crippen LogP contribution in [0, 0.1) is 6.92 Å². The van der Waals surface area contributed by atoms with Crippen LogP contribution in [0.3, 0.4) is 0 Å².